The van der Waals surface area contributed by atoms with Crippen molar-refractivity contribution in [3.63, 3.8) is 0 Å². The van der Waals surface area contributed by atoms with E-state index in [2.05, 4.69) is 0 Å². The van der Waals surface area contributed by atoms with Crippen LogP contribution in [0.2, 0.25) is 5.02 Å². The van der Waals surface area contributed by atoms with E-state index in [4.69, 9.17) is 16.3 Å². The van der Waals surface area contributed by atoms with E-state index in [0.29, 0.717) is 35.7 Å². The van der Waals surface area contributed by atoms with Gasteiger partial charge >= 0.3 is 0 Å². The molecular formula is C24H28ClNO3. The smallest absolute Gasteiger partial charge is 0.253 e. The molecule has 2 aromatic carbocycles. The van der Waals surface area contributed by atoms with Crippen LogP contribution in [-0.2, 0) is 0 Å². The summed E-state index contributed by atoms with van der Waals surface area (Å²) in [6.45, 7) is 7.44. The summed E-state index contributed by atoms with van der Waals surface area (Å²) in [5.74, 6) is 0.913. The van der Waals surface area contributed by atoms with E-state index in [1.54, 1.807) is 24.3 Å². The number of carbonyl (C=O) groups is 2. The lowest BCUT2D eigenvalue weighted by molar-refractivity contribution is 0.0595. The number of ether oxygens (including phenoxy) is 1. The van der Waals surface area contributed by atoms with Crippen molar-refractivity contribution in [1.82, 2.24) is 4.90 Å². The van der Waals surface area contributed by atoms with E-state index in [9.17, 15) is 9.59 Å². The SMILES string of the molecule is CC(C)(C)CC(=O)c1ccc(C(=O)N2CCC(Oc3ccc(Cl)cc3)CC2)cc1. The monoisotopic (exact) mass is 413 g/mol. The van der Waals surface area contributed by atoms with Gasteiger partial charge in [0.25, 0.3) is 5.91 Å². The zero-order valence-corrected chi connectivity index (χ0v) is 18.0. The molecule has 0 aliphatic carbocycles. The number of rotatable bonds is 5. The van der Waals surface area contributed by atoms with Crippen LogP contribution in [0.5, 0.6) is 5.75 Å². The highest BCUT2D eigenvalue weighted by Gasteiger charge is 2.25. The summed E-state index contributed by atoms with van der Waals surface area (Å²) in [6.07, 6.45) is 2.16. The van der Waals surface area contributed by atoms with Gasteiger partial charge in [-0.1, -0.05) is 44.5 Å². The highest BCUT2D eigenvalue weighted by molar-refractivity contribution is 6.30. The van der Waals surface area contributed by atoms with Gasteiger partial charge in [0.15, 0.2) is 5.78 Å². The molecule has 5 heteroatoms. The number of amides is 1. The molecule has 0 unspecified atom stereocenters. The van der Waals surface area contributed by atoms with Crippen LogP contribution in [0.25, 0.3) is 0 Å². The third-order valence-corrected chi connectivity index (χ3v) is 5.24. The molecule has 1 saturated heterocycles. The molecule has 1 fully saturated rings. The Bertz CT molecular complexity index is 845. The molecule has 0 aromatic heterocycles. The first-order valence-electron chi connectivity index (χ1n) is 10.1. The number of hydrogen-bond acceptors (Lipinski definition) is 3. The molecule has 154 valence electrons. The molecule has 2 aromatic rings. The topological polar surface area (TPSA) is 46.6 Å². The number of carbonyl (C=O) groups excluding carboxylic acids is 2. The molecule has 1 amide bonds. The maximum Gasteiger partial charge on any atom is 0.253 e. The first-order chi connectivity index (χ1) is 13.7. The predicted molar refractivity (Wildman–Crippen MR) is 116 cm³/mol. The average molecular weight is 414 g/mol. The van der Waals surface area contributed by atoms with Gasteiger partial charge in [-0.05, 0) is 41.8 Å². The fourth-order valence-electron chi connectivity index (χ4n) is 3.45. The Morgan fingerprint density at radius 3 is 2.07 bits per heavy atom. The molecule has 0 spiro atoms. The first kappa shape index (κ1) is 21.4. The van der Waals surface area contributed by atoms with E-state index in [-0.39, 0.29) is 23.2 Å². The summed E-state index contributed by atoms with van der Waals surface area (Å²) in [4.78, 5) is 27.0. The Hall–Kier alpha value is -2.33. The largest absolute Gasteiger partial charge is 0.490 e. The molecule has 0 saturated carbocycles. The Labute approximate surface area is 177 Å². The van der Waals surface area contributed by atoms with Crippen LogP contribution >= 0.6 is 11.6 Å². The van der Waals surface area contributed by atoms with Gasteiger partial charge in [-0.15, -0.1) is 0 Å². The highest BCUT2D eigenvalue weighted by Crippen LogP contribution is 2.23. The summed E-state index contributed by atoms with van der Waals surface area (Å²) in [5.41, 5.74) is 1.23. The van der Waals surface area contributed by atoms with Gasteiger partial charge in [-0.2, -0.15) is 0 Å². The third-order valence-electron chi connectivity index (χ3n) is 4.99. The van der Waals surface area contributed by atoms with E-state index < -0.39 is 0 Å². The summed E-state index contributed by atoms with van der Waals surface area (Å²) in [5, 5.41) is 0.684. The van der Waals surface area contributed by atoms with Crippen LogP contribution in [0.3, 0.4) is 0 Å². The number of benzene rings is 2. The maximum atomic E-state index is 12.8. The summed E-state index contributed by atoms with van der Waals surface area (Å²) < 4.78 is 5.99. The van der Waals surface area contributed by atoms with Gasteiger partial charge < -0.3 is 9.64 Å². The Morgan fingerprint density at radius 2 is 1.52 bits per heavy atom. The molecular weight excluding hydrogens is 386 g/mol. The van der Waals surface area contributed by atoms with Gasteiger partial charge in [0, 0.05) is 48.5 Å². The van der Waals surface area contributed by atoms with E-state index in [1.165, 1.54) is 0 Å². The molecule has 0 N–H and O–H groups in total. The van der Waals surface area contributed by atoms with Crippen molar-refractivity contribution < 1.29 is 14.3 Å². The number of halogens is 1. The minimum absolute atomic E-state index is 0.00441. The number of ketones is 1. The second-order valence-corrected chi connectivity index (χ2v) is 9.24. The predicted octanol–water partition coefficient (Wildman–Crippen LogP) is 5.64. The second-order valence-electron chi connectivity index (χ2n) is 8.80. The Morgan fingerprint density at radius 1 is 0.966 bits per heavy atom. The number of nitrogens with zero attached hydrogens (tertiary/aromatic N) is 1. The minimum Gasteiger partial charge on any atom is -0.490 e. The molecule has 0 atom stereocenters. The van der Waals surface area contributed by atoms with Crippen molar-refractivity contribution in [2.24, 2.45) is 5.41 Å². The van der Waals surface area contributed by atoms with Crippen molar-refractivity contribution in [3.05, 3.63) is 64.7 Å². The lowest BCUT2D eigenvalue weighted by Crippen LogP contribution is -2.41. The Kier molecular flexibility index (Phi) is 6.63. The molecule has 29 heavy (non-hydrogen) atoms. The fraction of sp³-hybridized carbons (Fsp3) is 0.417. The molecule has 1 heterocycles. The van der Waals surface area contributed by atoms with Crippen LogP contribution < -0.4 is 4.74 Å². The molecule has 3 rings (SSSR count). The number of likely N-dealkylation sites (tertiary alicyclic amines) is 1. The first-order valence-corrected chi connectivity index (χ1v) is 10.4. The van der Waals surface area contributed by atoms with Crippen molar-refractivity contribution >= 4 is 23.3 Å². The van der Waals surface area contributed by atoms with Crippen LogP contribution in [0.1, 0.15) is 60.7 Å². The van der Waals surface area contributed by atoms with Crippen molar-refractivity contribution in [2.45, 2.75) is 46.1 Å². The quantitative estimate of drug-likeness (QED) is 0.595. The van der Waals surface area contributed by atoms with Gasteiger partial charge in [0.1, 0.15) is 11.9 Å². The molecule has 0 radical (unpaired) electrons. The van der Waals surface area contributed by atoms with Gasteiger partial charge in [-0.25, -0.2) is 0 Å². The average Bonchev–Trinajstić information content (AvgIpc) is 2.69. The van der Waals surface area contributed by atoms with Gasteiger partial charge in [-0.3, -0.25) is 9.59 Å². The fourth-order valence-corrected chi connectivity index (χ4v) is 3.57. The Balaban J connectivity index is 1.53. The van der Waals surface area contributed by atoms with Crippen molar-refractivity contribution in [3.8, 4) is 5.75 Å². The molecule has 4 nitrogen and oxygen atoms in total. The van der Waals surface area contributed by atoms with E-state index in [1.807, 2.05) is 49.9 Å². The summed E-state index contributed by atoms with van der Waals surface area (Å²) in [6, 6.07) is 14.4. The van der Waals surface area contributed by atoms with E-state index in [0.717, 1.165) is 18.6 Å². The van der Waals surface area contributed by atoms with Crippen molar-refractivity contribution in [2.75, 3.05) is 13.1 Å². The van der Waals surface area contributed by atoms with Crippen LogP contribution in [0.4, 0.5) is 0 Å². The summed E-state index contributed by atoms with van der Waals surface area (Å²) in [7, 11) is 0. The number of piperidine rings is 1. The molecule has 0 bridgehead atoms. The third kappa shape index (κ3) is 6.07. The van der Waals surface area contributed by atoms with Gasteiger partial charge in [0.05, 0.1) is 0 Å². The normalized spacial score (nSPS) is 15.2. The zero-order chi connectivity index (χ0) is 21.0. The molecule has 1 aliphatic heterocycles. The lowest BCUT2D eigenvalue weighted by Gasteiger charge is -2.32. The summed E-state index contributed by atoms with van der Waals surface area (Å²) >= 11 is 5.90. The van der Waals surface area contributed by atoms with Crippen LogP contribution in [-0.4, -0.2) is 35.8 Å². The highest BCUT2D eigenvalue weighted by atomic mass is 35.5. The van der Waals surface area contributed by atoms with E-state index >= 15 is 0 Å². The van der Waals surface area contributed by atoms with Crippen LogP contribution in [0, 0.1) is 5.41 Å². The van der Waals surface area contributed by atoms with Crippen molar-refractivity contribution in [1.29, 1.82) is 0 Å². The lowest BCUT2D eigenvalue weighted by atomic mass is 9.88. The standard InChI is InChI=1S/C24H28ClNO3/c1-24(2,3)16-22(27)17-4-6-18(7-5-17)23(28)26-14-12-21(13-15-26)29-20-10-8-19(25)9-11-20/h4-11,21H,12-16H2,1-3H3. The zero-order valence-electron chi connectivity index (χ0n) is 17.3. The van der Waals surface area contributed by atoms with Gasteiger partial charge in [0.2, 0.25) is 0 Å². The molecule has 1 aliphatic rings. The van der Waals surface area contributed by atoms with Crippen LogP contribution in [0.15, 0.2) is 48.5 Å². The minimum atomic E-state index is -0.0516. The number of hydrogen-bond donors (Lipinski definition) is 0. The second kappa shape index (κ2) is 9.00. The maximum absolute atomic E-state index is 12.8. The number of Topliss-reactive ketones (excluding diaryl/α,β-unsaturated/α-hetero) is 1.